The molecule has 0 saturated carbocycles. The summed E-state index contributed by atoms with van der Waals surface area (Å²) in [5.74, 6) is -0.666. The van der Waals surface area contributed by atoms with Crippen LogP contribution in [0.25, 0.3) is 0 Å². The molecule has 1 saturated heterocycles. The number of rotatable bonds is 3. The van der Waals surface area contributed by atoms with Gasteiger partial charge in [-0.1, -0.05) is 6.07 Å². The Kier molecular flexibility index (Phi) is 4.21. The molecule has 0 bridgehead atoms. The molecule has 0 aliphatic carbocycles. The molecule has 1 heterocycles. The zero-order valence-electron chi connectivity index (χ0n) is 11.4. The second-order valence-electron chi connectivity index (χ2n) is 5.12. The van der Waals surface area contributed by atoms with Gasteiger partial charge in [-0.3, -0.25) is 0 Å². The third-order valence-corrected chi connectivity index (χ3v) is 5.82. The molecule has 1 aliphatic rings. The van der Waals surface area contributed by atoms with E-state index in [9.17, 15) is 21.6 Å². The van der Waals surface area contributed by atoms with Crippen LogP contribution >= 0.6 is 0 Å². The first-order valence-electron chi connectivity index (χ1n) is 6.40. The van der Waals surface area contributed by atoms with Crippen LogP contribution in [0.4, 0.5) is 18.9 Å². The summed E-state index contributed by atoms with van der Waals surface area (Å²) in [5.41, 5.74) is 4.02. The van der Waals surface area contributed by atoms with Gasteiger partial charge in [0, 0.05) is 12.3 Å². The fourth-order valence-corrected chi connectivity index (χ4v) is 4.51. The second-order valence-corrected chi connectivity index (χ2v) is 7.34. The van der Waals surface area contributed by atoms with Crippen molar-refractivity contribution in [3.05, 3.63) is 29.3 Å². The zero-order chi connectivity index (χ0) is 15.8. The molecule has 21 heavy (non-hydrogen) atoms. The Balaban J connectivity index is 2.35. The predicted molar refractivity (Wildman–Crippen MR) is 72.3 cm³/mol. The first kappa shape index (κ1) is 16.1. The van der Waals surface area contributed by atoms with Crippen molar-refractivity contribution >= 4 is 15.5 Å². The summed E-state index contributed by atoms with van der Waals surface area (Å²) in [7, 11) is -3.72. The summed E-state index contributed by atoms with van der Waals surface area (Å²) in [4.78, 5) is 0. The van der Waals surface area contributed by atoms with Gasteiger partial charge in [-0.25, -0.2) is 8.42 Å². The summed E-state index contributed by atoms with van der Waals surface area (Å²) >= 11 is 0. The van der Waals surface area contributed by atoms with Gasteiger partial charge < -0.3 is 10.5 Å². The Morgan fingerprint density at radius 3 is 2.57 bits per heavy atom. The van der Waals surface area contributed by atoms with Crippen molar-refractivity contribution in [1.82, 2.24) is 0 Å². The molecule has 118 valence electrons. The lowest BCUT2D eigenvalue weighted by molar-refractivity contribution is -0.138. The molecule has 1 aromatic rings. The summed E-state index contributed by atoms with van der Waals surface area (Å²) in [6.45, 7) is 1.92. The van der Waals surface area contributed by atoms with Crippen LogP contribution in [-0.2, 0) is 26.5 Å². The van der Waals surface area contributed by atoms with E-state index >= 15 is 0 Å². The Hall–Kier alpha value is -1.28. The standard InChI is InChI=1S/C13H16F3NO3S/c1-8-12(4-5-20-8)21(18,19)7-9-2-3-10(17)6-11(9)13(14,15)16/h2-3,6,8,12H,4-5,7,17H2,1H3. The van der Waals surface area contributed by atoms with Crippen molar-refractivity contribution in [2.45, 2.75) is 36.6 Å². The quantitative estimate of drug-likeness (QED) is 0.867. The van der Waals surface area contributed by atoms with Gasteiger partial charge in [0.1, 0.15) is 0 Å². The van der Waals surface area contributed by atoms with E-state index in [-0.39, 0.29) is 11.3 Å². The van der Waals surface area contributed by atoms with Gasteiger partial charge in [-0.05, 0) is 31.0 Å². The Morgan fingerprint density at radius 1 is 1.38 bits per heavy atom. The van der Waals surface area contributed by atoms with Crippen LogP contribution in [0.3, 0.4) is 0 Å². The molecule has 0 spiro atoms. The zero-order valence-corrected chi connectivity index (χ0v) is 12.2. The van der Waals surface area contributed by atoms with Crippen LogP contribution in [0.2, 0.25) is 0 Å². The van der Waals surface area contributed by atoms with Crippen LogP contribution in [0.15, 0.2) is 18.2 Å². The smallest absolute Gasteiger partial charge is 0.399 e. The third kappa shape index (κ3) is 3.49. The van der Waals surface area contributed by atoms with Crippen molar-refractivity contribution in [1.29, 1.82) is 0 Å². The highest BCUT2D eigenvalue weighted by Crippen LogP contribution is 2.35. The number of nitrogen functional groups attached to an aromatic ring is 1. The number of anilines is 1. The van der Waals surface area contributed by atoms with Crippen molar-refractivity contribution in [2.24, 2.45) is 0 Å². The molecule has 2 unspecified atom stereocenters. The van der Waals surface area contributed by atoms with E-state index in [1.807, 2.05) is 0 Å². The van der Waals surface area contributed by atoms with Crippen LogP contribution in [0, 0.1) is 0 Å². The summed E-state index contributed by atoms with van der Waals surface area (Å²) in [6.07, 6.45) is -4.84. The van der Waals surface area contributed by atoms with Crippen molar-refractivity contribution in [3.8, 4) is 0 Å². The maximum atomic E-state index is 13.0. The average Bonchev–Trinajstić information content (AvgIpc) is 2.77. The molecule has 2 atom stereocenters. The highest BCUT2D eigenvalue weighted by molar-refractivity contribution is 7.91. The summed E-state index contributed by atoms with van der Waals surface area (Å²) < 4.78 is 68.7. The Bertz CT molecular complexity index is 628. The average molecular weight is 323 g/mol. The van der Waals surface area contributed by atoms with E-state index in [2.05, 4.69) is 0 Å². The number of halogens is 3. The predicted octanol–water partition coefficient (Wildman–Crippen LogP) is 2.38. The second kappa shape index (κ2) is 5.49. The lowest BCUT2D eigenvalue weighted by Crippen LogP contribution is -2.29. The maximum Gasteiger partial charge on any atom is 0.416 e. The lowest BCUT2D eigenvalue weighted by atomic mass is 10.1. The van der Waals surface area contributed by atoms with Crippen LogP contribution in [0.5, 0.6) is 0 Å². The Morgan fingerprint density at radius 2 is 2.05 bits per heavy atom. The van der Waals surface area contributed by atoms with Crippen LogP contribution < -0.4 is 5.73 Å². The van der Waals surface area contributed by atoms with Gasteiger partial charge in [0.15, 0.2) is 9.84 Å². The molecular weight excluding hydrogens is 307 g/mol. The normalized spacial score (nSPS) is 23.4. The highest BCUT2D eigenvalue weighted by atomic mass is 32.2. The van der Waals surface area contributed by atoms with E-state index in [1.54, 1.807) is 6.92 Å². The highest BCUT2D eigenvalue weighted by Gasteiger charge is 2.39. The van der Waals surface area contributed by atoms with Crippen molar-refractivity contribution in [3.63, 3.8) is 0 Å². The molecule has 0 radical (unpaired) electrons. The first-order valence-corrected chi connectivity index (χ1v) is 8.11. The topological polar surface area (TPSA) is 69.4 Å². The summed E-state index contributed by atoms with van der Waals surface area (Å²) in [5, 5.41) is -0.767. The molecule has 4 nitrogen and oxygen atoms in total. The van der Waals surface area contributed by atoms with E-state index in [1.165, 1.54) is 6.07 Å². The van der Waals surface area contributed by atoms with E-state index in [0.29, 0.717) is 13.0 Å². The number of hydrogen-bond acceptors (Lipinski definition) is 4. The lowest BCUT2D eigenvalue weighted by Gasteiger charge is -2.18. The van der Waals surface area contributed by atoms with Gasteiger partial charge >= 0.3 is 6.18 Å². The number of alkyl halides is 3. The van der Waals surface area contributed by atoms with Crippen molar-refractivity contribution in [2.75, 3.05) is 12.3 Å². The number of ether oxygens (including phenoxy) is 1. The van der Waals surface area contributed by atoms with Gasteiger partial charge in [0.25, 0.3) is 0 Å². The molecule has 2 rings (SSSR count). The fourth-order valence-electron chi connectivity index (χ4n) is 2.49. The minimum atomic E-state index is -4.64. The number of sulfone groups is 1. The minimum Gasteiger partial charge on any atom is -0.399 e. The third-order valence-electron chi connectivity index (χ3n) is 3.56. The number of benzene rings is 1. The van der Waals surface area contributed by atoms with E-state index < -0.39 is 38.7 Å². The molecule has 1 aromatic carbocycles. The van der Waals surface area contributed by atoms with Crippen molar-refractivity contribution < 1.29 is 26.3 Å². The van der Waals surface area contributed by atoms with Crippen LogP contribution in [0.1, 0.15) is 24.5 Å². The fraction of sp³-hybridized carbons (Fsp3) is 0.538. The van der Waals surface area contributed by atoms with Crippen LogP contribution in [-0.4, -0.2) is 26.4 Å². The molecule has 0 aromatic heterocycles. The van der Waals surface area contributed by atoms with E-state index in [4.69, 9.17) is 10.5 Å². The molecule has 2 N–H and O–H groups in total. The SMILES string of the molecule is CC1OCCC1S(=O)(=O)Cc1ccc(N)cc1C(F)(F)F. The number of nitrogens with two attached hydrogens (primary N) is 1. The monoisotopic (exact) mass is 323 g/mol. The maximum absolute atomic E-state index is 13.0. The molecule has 1 aliphatic heterocycles. The van der Waals surface area contributed by atoms with Gasteiger partial charge in [0.2, 0.25) is 0 Å². The van der Waals surface area contributed by atoms with E-state index in [0.717, 1.165) is 12.1 Å². The molecule has 0 amide bonds. The van der Waals surface area contributed by atoms with Gasteiger partial charge in [-0.2, -0.15) is 13.2 Å². The largest absolute Gasteiger partial charge is 0.416 e. The molecular formula is C13H16F3NO3S. The molecule has 1 fully saturated rings. The number of hydrogen-bond donors (Lipinski definition) is 1. The first-order chi connectivity index (χ1) is 9.61. The summed E-state index contributed by atoms with van der Waals surface area (Å²) in [6, 6.07) is 3.16. The van der Waals surface area contributed by atoms with Gasteiger partial charge in [-0.15, -0.1) is 0 Å². The minimum absolute atomic E-state index is 0.0546. The Labute approximate surface area is 121 Å². The molecule has 8 heteroatoms. The van der Waals surface area contributed by atoms with Gasteiger partial charge in [0.05, 0.1) is 22.7 Å².